The van der Waals surface area contributed by atoms with E-state index >= 15 is 0 Å². The van der Waals surface area contributed by atoms with Crippen LogP contribution in [-0.2, 0) is 4.79 Å². The number of hydrogen-bond donors (Lipinski definition) is 1. The van der Waals surface area contributed by atoms with E-state index < -0.39 is 10.8 Å². The van der Waals surface area contributed by atoms with Gasteiger partial charge in [0.1, 0.15) is 5.69 Å². The van der Waals surface area contributed by atoms with E-state index in [1.807, 2.05) is 38.1 Å². The van der Waals surface area contributed by atoms with Gasteiger partial charge in [0.2, 0.25) is 5.91 Å². The van der Waals surface area contributed by atoms with Gasteiger partial charge < -0.3 is 5.32 Å². The Labute approximate surface area is 199 Å². The second-order valence-electron chi connectivity index (χ2n) is 7.88. The largest absolute Gasteiger partial charge is 0.320 e. The van der Waals surface area contributed by atoms with Crippen molar-refractivity contribution in [2.75, 3.05) is 11.1 Å². The van der Waals surface area contributed by atoms with Crippen LogP contribution in [0.5, 0.6) is 0 Å². The number of nitro groups is 1. The molecule has 0 radical (unpaired) electrons. The molecule has 0 spiro atoms. The summed E-state index contributed by atoms with van der Waals surface area (Å²) in [5.41, 5.74) is 1.93. The number of anilines is 1. The maximum absolute atomic E-state index is 13.5. The standard InChI is InChI=1S/C25H22N4O4S/c1-16(2)17-9-4-7-13-21(17)28-24(31)18-10-3-5-11-19(18)27-25(28)34-15-23(30)26-20-12-6-8-14-22(20)29(32)33/h3-14,16H,15H2,1-2H3,(H,26,30). The Balaban J connectivity index is 1.72. The van der Waals surface area contributed by atoms with Crippen molar-refractivity contribution in [2.24, 2.45) is 0 Å². The Hall–Kier alpha value is -3.98. The number of fused-ring (bicyclic) bond motifs is 1. The van der Waals surface area contributed by atoms with Crippen LogP contribution in [0.15, 0.2) is 82.7 Å². The average Bonchev–Trinajstić information content (AvgIpc) is 2.83. The first kappa shape index (κ1) is 23.2. The van der Waals surface area contributed by atoms with Crippen molar-refractivity contribution >= 4 is 39.9 Å². The van der Waals surface area contributed by atoms with E-state index in [1.54, 1.807) is 34.9 Å². The zero-order chi connectivity index (χ0) is 24.2. The number of carbonyl (C=O) groups is 1. The van der Waals surface area contributed by atoms with Crippen molar-refractivity contribution in [3.8, 4) is 5.69 Å². The van der Waals surface area contributed by atoms with Crippen molar-refractivity contribution in [3.05, 3.63) is 98.8 Å². The predicted molar refractivity (Wildman–Crippen MR) is 134 cm³/mol. The van der Waals surface area contributed by atoms with Gasteiger partial charge >= 0.3 is 0 Å². The summed E-state index contributed by atoms with van der Waals surface area (Å²) in [4.78, 5) is 41.5. The van der Waals surface area contributed by atoms with Crippen LogP contribution in [0.3, 0.4) is 0 Å². The Morgan fingerprint density at radius 1 is 1.06 bits per heavy atom. The summed E-state index contributed by atoms with van der Waals surface area (Å²) in [6.07, 6.45) is 0. The normalized spacial score (nSPS) is 11.0. The maximum Gasteiger partial charge on any atom is 0.292 e. The molecule has 0 aliphatic rings. The number of hydrogen-bond acceptors (Lipinski definition) is 6. The van der Waals surface area contributed by atoms with Crippen LogP contribution in [0.4, 0.5) is 11.4 Å². The molecule has 0 aliphatic carbocycles. The molecule has 1 amide bonds. The van der Waals surface area contributed by atoms with Crippen LogP contribution in [0, 0.1) is 10.1 Å². The lowest BCUT2D eigenvalue weighted by Crippen LogP contribution is -2.24. The third kappa shape index (κ3) is 4.69. The third-order valence-electron chi connectivity index (χ3n) is 5.25. The molecular weight excluding hydrogens is 452 g/mol. The van der Waals surface area contributed by atoms with E-state index in [4.69, 9.17) is 0 Å². The fourth-order valence-corrected chi connectivity index (χ4v) is 4.46. The molecule has 34 heavy (non-hydrogen) atoms. The summed E-state index contributed by atoms with van der Waals surface area (Å²) < 4.78 is 1.54. The van der Waals surface area contributed by atoms with Crippen molar-refractivity contribution in [1.29, 1.82) is 0 Å². The minimum absolute atomic E-state index is 0.0827. The van der Waals surface area contributed by atoms with Gasteiger partial charge in [-0.1, -0.05) is 68.1 Å². The van der Waals surface area contributed by atoms with Crippen LogP contribution in [0.1, 0.15) is 25.3 Å². The Kier molecular flexibility index (Phi) is 6.74. The molecule has 9 heteroatoms. The summed E-state index contributed by atoms with van der Waals surface area (Å²) in [7, 11) is 0. The van der Waals surface area contributed by atoms with Gasteiger partial charge in [0, 0.05) is 6.07 Å². The molecule has 172 valence electrons. The van der Waals surface area contributed by atoms with E-state index in [1.165, 1.54) is 18.2 Å². The van der Waals surface area contributed by atoms with Crippen molar-refractivity contribution in [1.82, 2.24) is 9.55 Å². The number of nitrogens with one attached hydrogen (secondary N) is 1. The highest BCUT2D eigenvalue weighted by molar-refractivity contribution is 7.99. The Bertz CT molecular complexity index is 1450. The summed E-state index contributed by atoms with van der Waals surface area (Å²) in [5, 5.41) is 14.7. The number of nitrogens with zero attached hydrogens (tertiary/aromatic N) is 3. The van der Waals surface area contributed by atoms with Gasteiger partial charge in [-0.25, -0.2) is 4.98 Å². The van der Waals surface area contributed by atoms with E-state index in [9.17, 15) is 19.7 Å². The zero-order valence-corrected chi connectivity index (χ0v) is 19.4. The number of benzene rings is 3. The fourth-order valence-electron chi connectivity index (χ4n) is 3.66. The topological polar surface area (TPSA) is 107 Å². The van der Waals surface area contributed by atoms with Gasteiger partial charge in [-0.15, -0.1) is 0 Å². The highest BCUT2D eigenvalue weighted by Gasteiger charge is 2.19. The molecule has 1 aromatic heterocycles. The highest BCUT2D eigenvalue weighted by Crippen LogP contribution is 2.28. The van der Waals surface area contributed by atoms with Gasteiger partial charge in [-0.3, -0.25) is 24.3 Å². The summed E-state index contributed by atoms with van der Waals surface area (Å²) in [6.45, 7) is 4.09. The first-order chi connectivity index (χ1) is 16.4. The molecule has 4 rings (SSSR count). The minimum Gasteiger partial charge on any atom is -0.320 e. The smallest absolute Gasteiger partial charge is 0.292 e. The van der Waals surface area contributed by atoms with Gasteiger partial charge in [0.25, 0.3) is 11.2 Å². The first-order valence-corrected chi connectivity index (χ1v) is 11.6. The van der Waals surface area contributed by atoms with Crippen LogP contribution in [0.25, 0.3) is 16.6 Å². The molecule has 0 bridgehead atoms. The number of amides is 1. The van der Waals surface area contributed by atoms with Crippen LogP contribution >= 0.6 is 11.8 Å². The number of carbonyl (C=O) groups excluding carboxylic acids is 1. The molecule has 4 aromatic rings. The van der Waals surface area contributed by atoms with E-state index in [2.05, 4.69) is 10.3 Å². The maximum atomic E-state index is 13.5. The summed E-state index contributed by atoms with van der Waals surface area (Å²) in [6, 6.07) is 20.6. The molecule has 0 aliphatic heterocycles. The highest BCUT2D eigenvalue weighted by atomic mass is 32.2. The van der Waals surface area contributed by atoms with Crippen LogP contribution < -0.4 is 10.9 Å². The van der Waals surface area contributed by atoms with Crippen molar-refractivity contribution < 1.29 is 9.72 Å². The minimum atomic E-state index is -0.547. The lowest BCUT2D eigenvalue weighted by molar-refractivity contribution is -0.383. The quantitative estimate of drug-likeness (QED) is 0.172. The summed E-state index contributed by atoms with van der Waals surface area (Å²) in [5.74, 6) is -0.361. The van der Waals surface area contributed by atoms with Crippen LogP contribution in [-0.4, -0.2) is 26.1 Å². The number of aromatic nitrogens is 2. The molecule has 8 nitrogen and oxygen atoms in total. The molecule has 0 fully saturated rings. The monoisotopic (exact) mass is 474 g/mol. The van der Waals surface area contributed by atoms with Gasteiger partial charge in [-0.2, -0.15) is 0 Å². The van der Waals surface area contributed by atoms with E-state index in [0.29, 0.717) is 21.7 Å². The number of rotatable bonds is 7. The molecule has 0 unspecified atom stereocenters. The molecule has 0 saturated carbocycles. The second-order valence-corrected chi connectivity index (χ2v) is 8.82. The van der Waals surface area contributed by atoms with Gasteiger partial charge in [-0.05, 0) is 35.7 Å². The van der Waals surface area contributed by atoms with E-state index in [0.717, 1.165) is 17.3 Å². The van der Waals surface area contributed by atoms with E-state index in [-0.39, 0.29) is 28.6 Å². The molecule has 0 saturated heterocycles. The Morgan fingerprint density at radius 2 is 1.74 bits per heavy atom. The third-order valence-corrected chi connectivity index (χ3v) is 6.19. The van der Waals surface area contributed by atoms with Crippen molar-refractivity contribution in [3.63, 3.8) is 0 Å². The molecule has 1 heterocycles. The fraction of sp³-hybridized carbons (Fsp3) is 0.160. The van der Waals surface area contributed by atoms with Gasteiger partial charge in [0.05, 0.1) is 27.3 Å². The number of thioether (sulfide) groups is 1. The molecule has 3 aromatic carbocycles. The van der Waals surface area contributed by atoms with Gasteiger partial charge in [0.15, 0.2) is 5.16 Å². The number of para-hydroxylation sites is 4. The zero-order valence-electron chi connectivity index (χ0n) is 18.6. The number of nitro benzene ring substituents is 1. The molecular formula is C25H22N4O4S. The lowest BCUT2D eigenvalue weighted by atomic mass is 10.0. The van der Waals surface area contributed by atoms with Crippen LogP contribution in [0.2, 0.25) is 0 Å². The summed E-state index contributed by atoms with van der Waals surface area (Å²) >= 11 is 1.10. The predicted octanol–water partition coefficient (Wildman–Crippen LogP) is 5.15. The second kappa shape index (κ2) is 9.88. The Morgan fingerprint density at radius 3 is 2.50 bits per heavy atom. The molecule has 1 N–H and O–H groups in total. The average molecular weight is 475 g/mol. The first-order valence-electron chi connectivity index (χ1n) is 10.6. The lowest BCUT2D eigenvalue weighted by Gasteiger charge is -2.18. The molecule has 0 atom stereocenters. The van der Waals surface area contributed by atoms with Crippen molar-refractivity contribution in [2.45, 2.75) is 24.9 Å². The SMILES string of the molecule is CC(C)c1ccccc1-n1c(SCC(=O)Nc2ccccc2[N+](=O)[O-])nc2ccccc2c1=O.